The SMILES string of the molecule is Cc1cccc(C(=O)NC(C)(CCl)CCl)c1Cl. The highest BCUT2D eigenvalue weighted by Gasteiger charge is 2.25. The standard InChI is InChI=1S/C12H14Cl3NO/c1-8-4-3-5-9(10(8)15)11(17)16-12(2,6-13)7-14/h3-5H,6-7H2,1-2H3,(H,16,17). The number of benzene rings is 1. The summed E-state index contributed by atoms with van der Waals surface area (Å²) in [6.45, 7) is 3.63. The third-order valence-corrected chi connectivity index (χ3v) is 4.12. The molecular formula is C12H14Cl3NO. The van der Waals surface area contributed by atoms with Crippen LogP contribution in [0.3, 0.4) is 0 Å². The number of nitrogens with one attached hydrogen (secondary N) is 1. The van der Waals surface area contributed by atoms with Crippen LogP contribution in [0.15, 0.2) is 18.2 Å². The Labute approximate surface area is 116 Å². The molecule has 0 aliphatic carbocycles. The fraction of sp³-hybridized carbons (Fsp3) is 0.417. The Kier molecular flexibility index (Phi) is 5.11. The third kappa shape index (κ3) is 3.51. The van der Waals surface area contributed by atoms with Gasteiger partial charge in [0.15, 0.2) is 0 Å². The van der Waals surface area contributed by atoms with Crippen molar-refractivity contribution in [3.05, 3.63) is 34.3 Å². The maximum atomic E-state index is 12.0. The lowest BCUT2D eigenvalue weighted by Crippen LogP contribution is -2.49. The Hall–Kier alpha value is -0.440. The van der Waals surface area contributed by atoms with E-state index in [1.807, 2.05) is 13.0 Å². The van der Waals surface area contributed by atoms with E-state index < -0.39 is 5.54 Å². The van der Waals surface area contributed by atoms with Gasteiger partial charge in [-0.05, 0) is 25.5 Å². The first-order valence-electron chi connectivity index (χ1n) is 5.13. The van der Waals surface area contributed by atoms with E-state index in [0.717, 1.165) is 5.56 Å². The zero-order chi connectivity index (χ0) is 13.1. The summed E-state index contributed by atoms with van der Waals surface area (Å²) in [5.74, 6) is 0.222. The zero-order valence-electron chi connectivity index (χ0n) is 9.69. The summed E-state index contributed by atoms with van der Waals surface area (Å²) in [7, 11) is 0. The molecule has 0 heterocycles. The fourth-order valence-corrected chi connectivity index (χ4v) is 1.90. The molecule has 1 rings (SSSR count). The van der Waals surface area contributed by atoms with Crippen molar-refractivity contribution in [1.29, 1.82) is 0 Å². The largest absolute Gasteiger partial charge is 0.344 e. The van der Waals surface area contributed by atoms with Crippen molar-refractivity contribution in [2.24, 2.45) is 0 Å². The molecule has 0 aliphatic rings. The van der Waals surface area contributed by atoms with Crippen molar-refractivity contribution >= 4 is 40.7 Å². The van der Waals surface area contributed by atoms with Crippen LogP contribution in [0, 0.1) is 6.92 Å². The summed E-state index contributed by atoms with van der Waals surface area (Å²) in [6, 6.07) is 5.31. The van der Waals surface area contributed by atoms with Gasteiger partial charge in [-0.1, -0.05) is 23.7 Å². The molecule has 94 valence electrons. The summed E-state index contributed by atoms with van der Waals surface area (Å²) >= 11 is 17.6. The first kappa shape index (κ1) is 14.6. The van der Waals surface area contributed by atoms with Gasteiger partial charge in [-0.2, -0.15) is 0 Å². The molecule has 17 heavy (non-hydrogen) atoms. The highest BCUT2D eigenvalue weighted by atomic mass is 35.5. The Morgan fingerprint density at radius 3 is 2.47 bits per heavy atom. The van der Waals surface area contributed by atoms with Gasteiger partial charge in [0.05, 0.1) is 16.1 Å². The highest BCUT2D eigenvalue weighted by molar-refractivity contribution is 6.34. The van der Waals surface area contributed by atoms with Gasteiger partial charge in [0.25, 0.3) is 5.91 Å². The van der Waals surface area contributed by atoms with Crippen LogP contribution >= 0.6 is 34.8 Å². The number of amides is 1. The van der Waals surface area contributed by atoms with E-state index >= 15 is 0 Å². The fourth-order valence-electron chi connectivity index (χ4n) is 1.27. The van der Waals surface area contributed by atoms with Crippen LogP contribution in [0.5, 0.6) is 0 Å². The second kappa shape index (κ2) is 5.94. The molecule has 0 spiro atoms. The van der Waals surface area contributed by atoms with E-state index in [2.05, 4.69) is 5.32 Å². The number of carbonyl (C=O) groups excluding carboxylic acids is 1. The molecular weight excluding hydrogens is 280 g/mol. The van der Waals surface area contributed by atoms with E-state index in [9.17, 15) is 4.79 Å². The average molecular weight is 295 g/mol. The molecule has 0 aromatic heterocycles. The Morgan fingerprint density at radius 1 is 1.35 bits per heavy atom. The average Bonchev–Trinajstić information content (AvgIpc) is 2.32. The minimum atomic E-state index is -0.632. The number of aryl methyl sites for hydroxylation is 1. The van der Waals surface area contributed by atoms with Gasteiger partial charge >= 0.3 is 0 Å². The van der Waals surface area contributed by atoms with Gasteiger partial charge in [0, 0.05) is 11.8 Å². The molecule has 0 atom stereocenters. The first-order chi connectivity index (χ1) is 7.93. The molecule has 0 saturated carbocycles. The zero-order valence-corrected chi connectivity index (χ0v) is 12.0. The molecule has 0 saturated heterocycles. The van der Waals surface area contributed by atoms with Gasteiger partial charge in [-0.15, -0.1) is 23.2 Å². The monoisotopic (exact) mass is 293 g/mol. The first-order valence-corrected chi connectivity index (χ1v) is 6.58. The topological polar surface area (TPSA) is 29.1 Å². The smallest absolute Gasteiger partial charge is 0.253 e. The number of alkyl halides is 2. The maximum Gasteiger partial charge on any atom is 0.253 e. The lowest BCUT2D eigenvalue weighted by Gasteiger charge is -2.26. The van der Waals surface area contributed by atoms with Crippen LogP contribution in [0.2, 0.25) is 5.02 Å². The number of halogens is 3. The number of hydrogen-bond acceptors (Lipinski definition) is 1. The molecule has 1 aromatic carbocycles. The van der Waals surface area contributed by atoms with E-state index in [0.29, 0.717) is 10.6 Å². The second-order valence-corrected chi connectivity index (χ2v) is 5.13. The maximum absolute atomic E-state index is 12.0. The Morgan fingerprint density at radius 2 is 1.94 bits per heavy atom. The summed E-state index contributed by atoms with van der Waals surface area (Å²) in [6.07, 6.45) is 0. The van der Waals surface area contributed by atoms with Crippen molar-refractivity contribution in [3.63, 3.8) is 0 Å². The minimum absolute atomic E-state index is 0.242. The molecule has 0 radical (unpaired) electrons. The summed E-state index contributed by atoms with van der Waals surface area (Å²) in [5, 5.41) is 3.24. The highest BCUT2D eigenvalue weighted by Crippen LogP contribution is 2.21. The van der Waals surface area contributed by atoms with Crippen molar-refractivity contribution in [1.82, 2.24) is 5.32 Å². The van der Waals surface area contributed by atoms with Gasteiger partial charge in [0.1, 0.15) is 0 Å². The minimum Gasteiger partial charge on any atom is -0.344 e. The molecule has 0 unspecified atom stereocenters. The lowest BCUT2D eigenvalue weighted by atomic mass is 10.1. The van der Waals surface area contributed by atoms with Gasteiger partial charge in [-0.25, -0.2) is 0 Å². The number of rotatable bonds is 4. The molecule has 5 heteroatoms. The normalized spacial score (nSPS) is 11.4. The van der Waals surface area contributed by atoms with Crippen LogP contribution in [0.1, 0.15) is 22.8 Å². The molecule has 1 aromatic rings. The number of hydrogen-bond donors (Lipinski definition) is 1. The van der Waals surface area contributed by atoms with Crippen LogP contribution in [0.4, 0.5) is 0 Å². The van der Waals surface area contributed by atoms with E-state index in [1.54, 1.807) is 19.1 Å². The van der Waals surface area contributed by atoms with Gasteiger partial charge < -0.3 is 5.32 Å². The Balaban J connectivity index is 2.94. The summed E-state index contributed by atoms with van der Waals surface area (Å²) in [4.78, 5) is 12.0. The quantitative estimate of drug-likeness (QED) is 0.844. The van der Waals surface area contributed by atoms with Crippen LogP contribution < -0.4 is 5.32 Å². The van der Waals surface area contributed by atoms with Crippen LogP contribution in [0.25, 0.3) is 0 Å². The second-order valence-electron chi connectivity index (χ2n) is 4.22. The molecule has 1 N–H and O–H groups in total. The Bertz CT molecular complexity index is 416. The summed E-state index contributed by atoms with van der Waals surface area (Å²) in [5.41, 5.74) is 0.665. The molecule has 2 nitrogen and oxygen atoms in total. The van der Waals surface area contributed by atoms with Crippen LogP contribution in [-0.2, 0) is 0 Å². The molecule has 0 aliphatic heterocycles. The lowest BCUT2D eigenvalue weighted by molar-refractivity contribution is 0.0921. The van der Waals surface area contributed by atoms with Crippen molar-refractivity contribution < 1.29 is 4.79 Å². The van der Waals surface area contributed by atoms with Crippen molar-refractivity contribution in [2.45, 2.75) is 19.4 Å². The predicted octanol–water partition coefficient (Wildman–Crippen LogP) is 3.61. The molecule has 0 fully saturated rings. The van der Waals surface area contributed by atoms with Crippen molar-refractivity contribution in [3.8, 4) is 0 Å². The van der Waals surface area contributed by atoms with Gasteiger partial charge in [0.2, 0.25) is 0 Å². The van der Waals surface area contributed by atoms with E-state index in [-0.39, 0.29) is 17.7 Å². The third-order valence-electron chi connectivity index (χ3n) is 2.44. The van der Waals surface area contributed by atoms with Crippen LogP contribution in [-0.4, -0.2) is 23.2 Å². The predicted molar refractivity (Wildman–Crippen MR) is 73.5 cm³/mol. The van der Waals surface area contributed by atoms with Gasteiger partial charge in [-0.3, -0.25) is 4.79 Å². The van der Waals surface area contributed by atoms with E-state index in [4.69, 9.17) is 34.8 Å². The molecule has 1 amide bonds. The van der Waals surface area contributed by atoms with Crippen molar-refractivity contribution in [2.75, 3.05) is 11.8 Å². The molecule has 0 bridgehead atoms. The van der Waals surface area contributed by atoms with E-state index in [1.165, 1.54) is 0 Å². The summed E-state index contributed by atoms with van der Waals surface area (Å²) < 4.78 is 0. The number of carbonyl (C=O) groups is 1.